The minimum atomic E-state index is -0.989. The van der Waals surface area contributed by atoms with Crippen LogP contribution in [0.25, 0.3) is 11.0 Å². The first-order chi connectivity index (χ1) is 19.2. The summed E-state index contributed by atoms with van der Waals surface area (Å²) in [5.41, 5.74) is 1.99. The molecule has 1 aliphatic carbocycles. The maximum absolute atomic E-state index is 14.8. The molecule has 0 bridgehead atoms. The molecule has 3 heterocycles. The Hall–Kier alpha value is -4.59. The molecule has 1 atom stereocenters. The molecule has 1 aliphatic heterocycles. The highest BCUT2D eigenvalue weighted by Gasteiger charge is 2.57. The van der Waals surface area contributed by atoms with Crippen molar-refractivity contribution in [1.29, 1.82) is 5.26 Å². The van der Waals surface area contributed by atoms with Gasteiger partial charge in [-0.15, -0.1) is 0 Å². The standard InChI is InChI=1S/C29H24F3N5O3/c1-36-24-11-17(28(38)39)4-5-23(24)34-25(36)19-13-29(19)6-8-37(9-7-29)26-21(31)12-22(32)27(35-26)40-15-18-3-2-16(14-33)10-20(18)30/h2-5,10-12,19H,6-9,13,15H2,1H3,(H,38,39). The fraction of sp³-hybridized carbons (Fsp3) is 0.310. The number of piperidine rings is 1. The summed E-state index contributed by atoms with van der Waals surface area (Å²) in [6.07, 6.45) is 2.44. The van der Waals surface area contributed by atoms with Crippen molar-refractivity contribution in [3.8, 4) is 11.9 Å². The highest BCUT2D eigenvalue weighted by Crippen LogP contribution is 2.64. The molecular weight excluding hydrogens is 523 g/mol. The average Bonchev–Trinajstić information content (AvgIpc) is 3.53. The molecule has 1 spiro atoms. The number of hydrogen-bond donors (Lipinski definition) is 1. The fourth-order valence-electron chi connectivity index (χ4n) is 5.73. The second-order valence-electron chi connectivity index (χ2n) is 10.4. The highest BCUT2D eigenvalue weighted by atomic mass is 19.1. The fourth-order valence-corrected chi connectivity index (χ4v) is 5.73. The van der Waals surface area contributed by atoms with E-state index in [0.29, 0.717) is 13.1 Å². The van der Waals surface area contributed by atoms with Gasteiger partial charge in [-0.1, -0.05) is 6.07 Å². The first-order valence-corrected chi connectivity index (χ1v) is 12.8. The van der Waals surface area contributed by atoms with E-state index in [2.05, 4.69) is 4.98 Å². The van der Waals surface area contributed by atoms with Crippen molar-refractivity contribution in [3.05, 3.63) is 82.4 Å². The van der Waals surface area contributed by atoms with Crippen molar-refractivity contribution in [2.75, 3.05) is 18.0 Å². The number of imidazole rings is 1. The van der Waals surface area contributed by atoms with Gasteiger partial charge < -0.3 is 19.3 Å². The minimum Gasteiger partial charge on any atom is -0.478 e. The number of carboxylic acids is 1. The van der Waals surface area contributed by atoms with E-state index in [4.69, 9.17) is 15.0 Å². The Morgan fingerprint density at radius 3 is 2.58 bits per heavy atom. The van der Waals surface area contributed by atoms with Gasteiger partial charge in [0.1, 0.15) is 18.2 Å². The van der Waals surface area contributed by atoms with Crippen LogP contribution in [0.1, 0.15) is 52.5 Å². The van der Waals surface area contributed by atoms with Crippen LogP contribution in [0.5, 0.6) is 5.88 Å². The molecule has 1 saturated heterocycles. The monoisotopic (exact) mass is 547 g/mol. The number of benzene rings is 2. The van der Waals surface area contributed by atoms with Crippen molar-refractivity contribution in [1.82, 2.24) is 14.5 Å². The number of halogens is 3. The highest BCUT2D eigenvalue weighted by molar-refractivity contribution is 5.92. The van der Waals surface area contributed by atoms with E-state index in [1.807, 2.05) is 17.7 Å². The molecule has 2 aliphatic rings. The first kappa shape index (κ1) is 25.7. The SMILES string of the molecule is Cn1c(C2CC23CCN(c2nc(OCc4ccc(C#N)cc4F)c(F)cc2F)CC3)nc2ccc(C(=O)O)cc21. The summed E-state index contributed by atoms with van der Waals surface area (Å²) >= 11 is 0. The van der Waals surface area contributed by atoms with E-state index < -0.39 is 29.3 Å². The van der Waals surface area contributed by atoms with E-state index in [-0.39, 0.29) is 40.4 Å². The third kappa shape index (κ3) is 4.39. The van der Waals surface area contributed by atoms with Crippen LogP contribution in [-0.4, -0.2) is 38.7 Å². The molecule has 1 unspecified atom stereocenters. The van der Waals surface area contributed by atoms with Gasteiger partial charge >= 0.3 is 5.97 Å². The van der Waals surface area contributed by atoms with Crippen LogP contribution in [0.4, 0.5) is 19.0 Å². The van der Waals surface area contributed by atoms with Gasteiger partial charge in [-0.25, -0.2) is 22.9 Å². The molecular formula is C29H24F3N5O3. The van der Waals surface area contributed by atoms with E-state index >= 15 is 0 Å². The summed E-state index contributed by atoms with van der Waals surface area (Å²) in [6, 6.07) is 11.3. The van der Waals surface area contributed by atoms with Crippen LogP contribution in [0.2, 0.25) is 0 Å². The molecule has 2 aromatic carbocycles. The lowest BCUT2D eigenvalue weighted by molar-refractivity contribution is 0.0697. The maximum Gasteiger partial charge on any atom is 0.335 e. The molecule has 0 amide bonds. The average molecular weight is 548 g/mol. The number of fused-ring (bicyclic) bond motifs is 1. The summed E-state index contributed by atoms with van der Waals surface area (Å²) in [4.78, 5) is 22.0. The molecule has 40 heavy (non-hydrogen) atoms. The Kier molecular flexibility index (Phi) is 6.13. The van der Waals surface area contributed by atoms with Crippen LogP contribution in [-0.2, 0) is 13.7 Å². The number of aromatic nitrogens is 3. The molecule has 4 aromatic rings. The Morgan fingerprint density at radius 1 is 1.10 bits per heavy atom. The van der Waals surface area contributed by atoms with E-state index in [0.717, 1.165) is 48.3 Å². The third-order valence-corrected chi connectivity index (χ3v) is 8.15. The number of carboxylic acid groups (broad SMARTS) is 1. The van der Waals surface area contributed by atoms with Gasteiger partial charge in [0.25, 0.3) is 5.88 Å². The van der Waals surface area contributed by atoms with Crippen LogP contribution in [0.15, 0.2) is 42.5 Å². The van der Waals surface area contributed by atoms with Crippen molar-refractivity contribution in [3.63, 3.8) is 0 Å². The molecule has 1 saturated carbocycles. The molecule has 1 N–H and O–H groups in total. The van der Waals surface area contributed by atoms with E-state index in [9.17, 15) is 23.1 Å². The molecule has 2 fully saturated rings. The number of aryl methyl sites for hydroxylation is 1. The quantitative estimate of drug-likeness (QED) is 0.349. The van der Waals surface area contributed by atoms with Gasteiger partial charge in [-0.3, -0.25) is 0 Å². The van der Waals surface area contributed by atoms with Crippen LogP contribution >= 0.6 is 0 Å². The van der Waals surface area contributed by atoms with Crippen molar-refractivity contribution in [2.45, 2.75) is 31.8 Å². The van der Waals surface area contributed by atoms with Gasteiger partial charge in [-0.2, -0.15) is 10.2 Å². The number of ether oxygens (including phenoxy) is 1. The third-order valence-electron chi connectivity index (χ3n) is 8.15. The number of nitriles is 1. The zero-order valence-corrected chi connectivity index (χ0v) is 21.5. The summed E-state index contributed by atoms with van der Waals surface area (Å²) in [6.45, 7) is 0.676. The Bertz CT molecular complexity index is 1710. The number of nitrogens with zero attached hydrogens (tertiary/aromatic N) is 5. The first-order valence-electron chi connectivity index (χ1n) is 12.8. The predicted octanol–water partition coefficient (Wildman–Crippen LogP) is 5.31. The summed E-state index contributed by atoms with van der Waals surface area (Å²) < 4.78 is 50.8. The number of pyridine rings is 1. The predicted molar refractivity (Wildman–Crippen MR) is 139 cm³/mol. The van der Waals surface area contributed by atoms with Crippen LogP contribution in [0, 0.1) is 34.2 Å². The number of hydrogen-bond acceptors (Lipinski definition) is 6. The maximum atomic E-state index is 14.8. The summed E-state index contributed by atoms with van der Waals surface area (Å²) in [7, 11) is 1.89. The minimum absolute atomic E-state index is 0.00418. The van der Waals surface area contributed by atoms with Gasteiger partial charge in [0.2, 0.25) is 0 Å². The van der Waals surface area contributed by atoms with Gasteiger partial charge in [0.15, 0.2) is 17.5 Å². The molecule has 6 rings (SSSR count). The Morgan fingerprint density at radius 2 is 1.88 bits per heavy atom. The smallest absolute Gasteiger partial charge is 0.335 e. The molecule has 2 aromatic heterocycles. The normalized spacial score (nSPS) is 17.7. The number of carbonyl (C=O) groups is 1. The second-order valence-corrected chi connectivity index (χ2v) is 10.4. The Balaban J connectivity index is 1.15. The molecule has 8 nitrogen and oxygen atoms in total. The Labute approximate surface area is 227 Å². The van der Waals surface area contributed by atoms with Gasteiger partial charge in [0.05, 0.1) is 28.2 Å². The lowest BCUT2D eigenvalue weighted by atomic mass is 9.90. The van der Waals surface area contributed by atoms with Crippen LogP contribution < -0.4 is 9.64 Å². The van der Waals surface area contributed by atoms with Crippen LogP contribution in [0.3, 0.4) is 0 Å². The summed E-state index contributed by atoms with van der Waals surface area (Å²) in [5.74, 6) is -2.78. The molecule has 0 radical (unpaired) electrons. The van der Waals surface area contributed by atoms with Crippen molar-refractivity contribution >= 4 is 22.8 Å². The number of anilines is 1. The molecule has 11 heteroatoms. The lowest BCUT2D eigenvalue weighted by Gasteiger charge is -2.34. The van der Waals surface area contributed by atoms with E-state index in [1.165, 1.54) is 12.1 Å². The topological polar surface area (TPSA) is 104 Å². The van der Waals surface area contributed by atoms with Crippen molar-refractivity contribution in [2.24, 2.45) is 12.5 Å². The number of aromatic carboxylic acids is 1. The van der Waals surface area contributed by atoms with Gasteiger partial charge in [-0.05, 0) is 55.0 Å². The zero-order chi connectivity index (χ0) is 28.2. The lowest BCUT2D eigenvalue weighted by Crippen LogP contribution is -2.36. The largest absolute Gasteiger partial charge is 0.478 e. The van der Waals surface area contributed by atoms with E-state index in [1.54, 1.807) is 23.1 Å². The number of rotatable bonds is 6. The molecule has 204 valence electrons. The second kappa shape index (κ2) is 9.55. The summed E-state index contributed by atoms with van der Waals surface area (Å²) in [5, 5.41) is 18.2. The van der Waals surface area contributed by atoms with Crippen molar-refractivity contribution < 1.29 is 27.8 Å². The van der Waals surface area contributed by atoms with Gasteiger partial charge in [0, 0.05) is 37.7 Å². The zero-order valence-electron chi connectivity index (χ0n) is 21.5.